The number of nitrogens with one attached hydrogen (secondary N) is 4. The van der Waals surface area contributed by atoms with Gasteiger partial charge in [0.15, 0.2) is 11.6 Å². The predicted molar refractivity (Wildman–Crippen MR) is 200 cm³/mol. The second-order valence-corrected chi connectivity index (χ2v) is 12.9. The normalized spacial score (nSPS) is 16.9. The summed E-state index contributed by atoms with van der Waals surface area (Å²) in [4.78, 5) is 39.4. The van der Waals surface area contributed by atoms with Gasteiger partial charge in [0.05, 0.1) is 48.9 Å². The summed E-state index contributed by atoms with van der Waals surface area (Å²) in [5, 5.41) is 20.3. The van der Waals surface area contributed by atoms with Crippen LogP contribution in [0.25, 0.3) is 11.6 Å². The smallest absolute Gasteiger partial charge is 0.371 e. The zero-order valence-corrected chi connectivity index (χ0v) is 30.6. The summed E-state index contributed by atoms with van der Waals surface area (Å²) in [5.41, 5.74) is 3.93. The van der Waals surface area contributed by atoms with E-state index in [9.17, 15) is 22.8 Å². The van der Waals surface area contributed by atoms with Gasteiger partial charge in [-0.3, -0.25) is 9.59 Å². The fraction of sp³-hybridized carbons (Fsp3) is 0.243. The summed E-state index contributed by atoms with van der Waals surface area (Å²) in [7, 11) is 0. The lowest BCUT2D eigenvalue weighted by molar-refractivity contribution is -0.145. The summed E-state index contributed by atoms with van der Waals surface area (Å²) in [6.45, 7) is 4.56. The van der Waals surface area contributed by atoms with Gasteiger partial charge in [0.25, 0.3) is 11.8 Å². The topological polar surface area (TPSA) is 188 Å². The number of anilines is 2. The average molecular weight is 803 g/mol. The van der Waals surface area contributed by atoms with E-state index >= 15 is 0 Å². The number of carbonyl (C=O) groups excluding carboxylic acids is 2. The summed E-state index contributed by atoms with van der Waals surface area (Å²) < 4.78 is 52.3. The van der Waals surface area contributed by atoms with E-state index in [1.54, 1.807) is 24.4 Å². The van der Waals surface area contributed by atoms with Crippen LogP contribution in [0.2, 0.25) is 5.28 Å². The molecule has 294 valence electrons. The number of nitrogens with zero attached hydrogens (tertiary/aromatic N) is 8. The molecule has 0 radical (unpaired) electrons. The summed E-state index contributed by atoms with van der Waals surface area (Å²) in [6, 6.07) is 17.8. The monoisotopic (exact) mass is 802 g/mol. The molecule has 6 heterocycles. The first kappa shape index (κ1) is 39.1. The molecule has 2 aliphatic rings. The largest absolute Gasteiger partial charge is 0.451 e. The van der Waals surface area contributed by atoms with Crippen molar-refractivity contribution in [2.24, 2.45) is 0 Å². The Balaban J connectivity index is 0.000000175. The second-order valence-electron chi connectivity index (χ2n) is 12.5. The third-order valence-corrected chi connectivity index (χ3v) is 8.78. The van der Waals surface area contributed by atoms with Gasteiger partial charge in [-0.05, 0) is 47.0 Å². The van der Waals surface area contributed by atoms with Crippen molar-refractivity contribution in [2.45, 2.75) is 18.4 Å². The average Bonchev–Trinajstić information content (AvgIpc) is 3.94. The van der Waals surface area contributed by atoms with E-state index in [1.165, 1.54) is 35.5 Å². The Hall–Kier alpha value is -6.12. The number of hydrogen-bond donors (Lipinski definition) is 4. The summed E-state index contributed by atoms with van der Waals surface area (Å²) >= 11 is 5.78. The highest BCUT2D eigenvalue weighted by Crippen LogP contribution is 2.26. The molecule has 2 atom stereocenters. The molecule has 2 aliphatic heterocycles. The lowest BCUT2D eigenvalue weighted by Crippen LogP contribution is -2.33. The molecule has 2 aromatic carbocycles. The number of ether oxygens (including phenoxy) is 2. The van der Waals surface area contributed by atoms with Crippen molar-refractivity contribution in [1.29, 1.82) is 0 Å². The maximum Gasteiger partial charge on any atom is 0.451 e. The summed E-state index contributed by atoms with van der Waals surface area (Å²) in [5.74, 6) is -1.60. The van der Waals surface area contributed by atoms with E-state index in [1.807, 2.05) is 36.4 Å². The first-order valence-corrected chi connectivity index (χ1v) is 17.9. The summed E-state index contributed by atoms with van der Waals surface area (Å²) in [6.07, 6.45) is 3.46. The maximum absolute atomic E-state index is 12.8. The van der Waals surface area contributed by atoms with E-state index < -0.39 is 17.9 Å². The molecule has 2 saturated heterocycles. The van der Waals surface area contributed by atoms with Gasteiger partial charge in [-0.1, -0.05) is 24.3 Å². The van der Waals surface area contributed by atoms with E-state index in [0.717, 1.165) is 48.2 Å². The van der Waals surface area contributed by atoms with Crippen LogP contribution >= 0.6 is 11.6 Å². The van der Waals surface area contributed by atoms with Crippen LogP contribution < -0.4 is 21.3 Å². The van der Waals surface area contributed by atoms with Crippen LogP contribution in [0, 0.1) is 0 Å². The molecule has 2 fully saturated rings. The molecule has 0 unspecified atom stereocenters. The standard InChI is InChI=1S/C19H17F3N6O2.C18H17ClN6O2/c20-19(21,22)18-24-6-5-16(27-18)28-11-13(9-25-28)17(29)26-14-3-1-12(2-4-14)15-10-23-7-8-30-15;19-18-21-6-5-16(24-18)25-11-13(9-22-25)17(26)23-14-3-1-12(2-4-14)15-10-20-7-8-27-15/h1-6,9,11,15,23H,7-8,10H2,(H,26,29);1-6,9,11,15,20H,7-8,10H2,(H,23,26)/t2*15-/m11/s1. The Morgan fingerprint density at radius 1 is 0.702 bits per heavy atom. The first-order chi connectivity index (χ1) is 27.6. The minimum Gasteiger partial charge on any atom is -0.371 e. The third-order valence-electron chi connectivity index (χ3n) is 8.60. The van der Waals surface area contributed by atoms with Crippen LogP contribution in [-0.2, 0) is 15.7 Å². The van der Waals surface area contributed by atoms with Gasteiger partial charge in [0.1, 0.15) is 0 Å². The number of benzene rings is 2. The van der Waals surface area contributed by atoms with Gasteiger partial charge in [0, 0.05) is 74.5 Å². The molecule has 6 aromatic rings. The third kappa shape index (κ3) is 10.2. The van der Waals surface area contributed by atoms with E-state index in [2.05, 4.69) is 51.4 Å². The molecule has 0 aliphatic carbocycles. The highest BCUT2D eigenvalue weighted by molar-refractivity contribution is 6.28. The van der Waals surface area contributed by atoms with Gasteiger partial charge in [-0.25, -0.2) is 24.3 Å². The zero-order chi connectivity index (χ0) is 39.8. The number of halogens is 4. The number of carbonyl (C=O) groups is 2. The number of hydrogen-bond acceptors (Lipinski definition) is 12. The van der Waals surface area contributed by atoms with Gasteiger partial charge in [-0.2, -0.15) is 28.4 Å². The molecule has 8 rings (SSSR count). The number of morpholine rings is 2. The molecule has 0 bridgehead atoms. The van der Waals surface area contributed by atoms with Crippen LogP contribution in [0.3, 0.4) is 0 Å². The molecule has 4 N–H and O–H groups in total. The van der Waals surface area contributed by atoms with E-state index in [-0.39, 0.29) is 34.8 Å². The van der Waals surface area contributed by atoms with Gasteiger partial charge in [-0.15, -0.1) is 0 Å². The van der Waals surface area contributed by atoms with Crippen molar-refractivity contribution in [2.75, 3.05) is 50.0 Å². The van der Waals surface area contributed by atoms with Gasteiger partial charge in [0.2, 0.25) is 11.1 Å². The van der Waals surface area contributed by atoms with Crippen LogP contribution in [0.1, 0.15) is 49.9 Å². The van der Waals surface area contributed by atoms with Gasteiger partial charge >= 0.3 is 6.18 Å². The fourth-order valence-corrected chi connectivity index (χ4v) is 5.87. The highest BCUT2D eigenvalue weighted by atomic mass is 35.5. The second kappa shape index (κ2) is 17.8. The Labute approximate surface area is 327 Å². The van der Waals surface area contributed by atoms with Crippen LogP contribution in [0.4, 0.5) is 24.5 Å². The van der Waals surface area contributed by atoms with E-state index in [4.69, 9.17) is 21.1 Å². The zero-order valence-electron chi connectivity index (χ0n) is 29.9. The SMILES string of the molecule is O=C(Nc1ccc([C@H]2CNCCO2)cc1)c1cnn(-c2ccnc(C(F)(F)F)n2)c1.O=C(Nc1ccc([C@H]2CNCCO2)cc1)c1cnn(-c2ccnc(Cl)n2)c1. The molecule has 16 nitrogen and oxygen atoms in total. The Bertz CT molecular complexity index is 2290. The van der Waals surface area contributed by atoms with Crippen molar-refractivity contribution < 1.29 is 32.2 Å². The van der Waals surface area contributed by atoms with E-state index in [0.29, 0.717) is 36.0 Å². The van der Waals surface area contributed by atoms with Gasteiger partial charge < -0.3 is 30.7 Å². The number of aromatic nitrogens is 8. The molecule has 4 aromatic heterocycles. The predicted octanol–water partition coefficient (Wildman–Crippen LogP) is 4.82. The first-order valence-electron chi connectivity index (χ1n) is 17.6. The molecule has 0 saturated carbocycles. The number of rotatable bonds is 8. The van der Waals surface area contributed by atoms with Crippen LogP contribution in [-0.4, -0.2) is 90.7 Å². The number of amides is 2. The van der Waals surface area contributed by atoms with Crippen molar-refractivity contribution in [1.82, 2.24) is 50.1 Å². The molecule has 2 amide bonds. The van der Waals surface area contributed by atoms with Crippen LogP contribution in [0.15, 0.2) is 97.8 Å². The van der Waals surface area contributed by atoms with Crippen molar-refractivity contribution in [3.63, 3.8) is 0 Å². The Kier molecular flexibility index (Phi) is 12.2. The molecular weight excluding hydrogens is 769 g/mol. The minimum atomic E-state index is -4.67. The molecule has 20 heteroatoms. The fourth-order valence-electron chi connectivity index (χ4n) is 5.73. The lowest BCUT2D eigenvalue weighted by atomic mass is 10.1. The molecule has 0 spiro atoms. The lowest BCUT2D eigenvalue weighted by Gasteiger charge is -2.24. The minimum absolute atomic E-state index is 0.0313. The Morgan fingerprint density at radius 3 is 1.61 bits per heavy atom. The Morgan fingerprint density at radius 2 is 1.18 bits per heavy atom. The van der Waals surface area contributed by atoms with Crippen molar-refractivity contribution >= 4 is 34.8 Å². The van der Waals surface area contributed by atoms with Crippen molar-refractivity contribution in [3.8, 4) is 11.6 Å². The highest BCUT2D eigenvalue weighted by Gasteiger charge is 2.35. The quantitative estimate of drug-likeness (QED) is 0.154. The van der Waals surface area contributed by atoms with Crippen LogP contribution in [0.5, 0.6) is 0 Å². The molecule has 57 heavy (non-hydrogen) atoms. The van der Waals surface area contributed by atoms with Crippen molar-refractivity contribution in [3.05, 3.63) is 131 Å². The maximum atomic E-state index is 12.8. The molecular formula is C37H34ClF3N12O4. The number of alkyl halides is 3.